The number of carbonyl (C=O) groups is 1. The van der Waals surface area contributed by atoms with Crippen molar-refractivity contribution in [2.24, 2.45) is 10.7 Å². The van der Waals surface area contributed by atoms with E-state index in [2.05, 4.69) is 75.7 Å². The van der Waals surface area contributed by atoms with Crippen LogP contribution in [0.3, 0.4) is 0 Å². The maximum atomic E-state index is 12.0. The van der Waals surface area contributed by atoms with Gasteiger partial charge in [-0.05, 0) is 77.8 Å². The predicted molar refractivity (Wildman–Crippen MR) is 138 cm³/mol. The highest BCUT2D eigenvalue weighted by molar-refractivity contribution is 14.1. The molecule has 1 aromatic heterocycles. The van der Waals surface area contributed by atoms with Crippen LogP contribution in [-0.4, -0.2) is 39.9 Å². The van der Waals surface area contributed by atoms with Crippen LogP contribution < -0.4 is 5.73 Å². The summed E-state index contributed by atoms with van der Waals surface area (Å²) in [5, 5.41) is 3.39. The van der Waals surface area contributed by atoms with Crippen molar-refractivity contribution in [3.63, 3.8) is 0 Å². The Hall–Kier alpha value is -2.57. The van der Waals surface area contributed by atoms with Crippen LogP contribution in [0.25, 0.3) is 5.69 Å². The van der Waals surface area contributed by atoms with Gasteiger partial charge in [0.05, 0.1) is 23.1 Å². The second-order valence-electron chi connectivity index (χ2n) is 8.14. The lowest BCUT2D eigenvalue weighted by molar-refractivity contribution is 0.0994. The Morgan fingerprint density at radius 2 is 1.90 bits per heavy atom. The lowest BCUT2D eigenvalue weighted by atomic mass is 9.98. The predicted octanol–water partition coefficient (Wildman–Crippen LogP) is 4.49. The number of benzene rings is 2. The standard InChI is InChI=1S/C24H23IN4OS/c1-15-23-22(24(26)30)27-14-29(23)20-10-9-16(11-12-31(2,3)4)13-18(20)21(28-15)17-7-5-6-8-19(17)25/h5-10,13-15H,1-4H3,(H2,26,30)/t15-/m1/s1. The number of fused-ring (bicyclic) bond motifs is 3. The van der Waals surface area contributed by atoms with Gasteiger partial charge in [0.25, 0.3) is 5.91 Å². The number of halogens is 1. The molecule has 0 saturated heterocycles. The van der Waals surface area contributed by atoms with Gasteiger partial charge < -0.3 is 5.73 Å². The number of hydrogen-bond donors (Lipinski definition) is 1. The quantitative estimate of drug-likeness (QED) is 0.383. The number of nitrogens with zero attached hydrogens (tertiary/aromatic N) is 3. The third-order valence-electron chi connectivity index (χ3n) is 4.90. The first-order valence-electron chi connectivity index (χ1n) is 9.71. The number of aromatic nitrogens is 2. The molecule has 2 aromatic carbocycles. The first-order chi connectivity index (χ1) is 14.7. The Labute approximate surface area is 197 Å². The number of primary amides is 1. The van der Waals surface area contributed by atoms with Crippen LogP contribution in [-0.2, 0) is 0 Å². The fourth-order valence-corrected chi connectivity index (χ4v) is 4.62. The van der Waals surface area contributed by atoms with E-state index in [0.29, 0.717) is 5.69 Å². The van der Waals surface area contributed by atoms with Gasteiger partial charge in [0.1, 0.15) is 6.33 Å². The van der Waals surface area contributed by atoms with E-state index in [9.17, 15) is 4.79 Å². The maximum Gasteiger partial charge on any atom is 0.269 e. The van der Waals surface area contributed by atoms with E-state index in [1.807, 2.05) is 35.8 Å². The molecule has 5 nitrogen and oxygen atoms in total. The van der Waals surface area contributed by atoms with Crippen LogP contribution in [0, 0.1) is 14.7 Å². The summed E-state index contributed by atoms with van der Waals surface area (Å²) < 4.78 is 3.03. The molecule has 31 heavy (non-hydrogen) atoms. The van der Waals surface area contributed by atoms with E-state index in [4.69, 9.17) is 10.7 Å². The number of imidazole rings is 1. The second-order valence-corrected chi connectivity index (χ2v) is 13.2. The fourth-order valence-electron chi connectivity index (χ4n) is 3.56. The zero-order valence-electron chi connectivity index (χ0n) is 17.8. The molecule has 0 radical (unpaired) electrons. The number of hydrogen-bond acceptors (Lipinski definition) is 3. The van der Waals surface area contributed by atoms with Crippen molar-refractivity contribution < 1.29 is 4.79 Å². The van der Waals surface area contributed by atoms with Crippen LogP contribution >= 0.6 is 32.6 Å². The molecule has 0 fully saturated rings. The normalized spacial score (nSPS) is 15.6. The van der Waals surface area contributed by atoms with Gasteiger partial charge >= 0.3 is 0 Å². The van der Waals surface area contributed by atoms with Gasteiger partial charge in [0.15, 0.2) is 5.69 Å². The summed E-state index contributed by atoms with van der Waals surface area (Å²) >= 11 is 2.33. The van der Waals surface area contributed by atoms with E-state index in [0.717, 1.165) is 31.7 Å². The molecular formula is C24H23IN4OS. The minimum absolute atomic E-state index is 0.256. The number of amides is 1. The highest BCUT2D eigenvalue weighted by Gasteiger charge is 2.28. The van der Waals surface area contributed by atoms with Gasteiger partial charge in [0, 0.05) is 20.3 Å². The molecule has 2 N–H and O–H groups in total. The van der Waals surface area contributed by atoms with Crippen molar-refractivity contribution in [1.29, 1.82) is 0 Å². The Balaban J connectivity index is 2.02. The van der Waals surface area contributed by atoms with Gasteiger partial charge in [-0.1, -0.05) is 24.1 Å². The molecule has 4 rings (SSSR count). The first-order valence-corrected chi connectivity index (χ1v) is 13.6. The van der Waals surface area contributed by atoms with Crippen molar-refractivity contribution in [3.05, 3.63) is 80.4 Å². The fraction of sp³-hybridized carbons (Fsp3) is 0.208. The van der Waals surface area contributed by atoms with Crippen molar-refractivity contribution in [3.8, 4) is 16.9 Å². The molecule has 1 atom stereocenters. The molecule has 0 unspecified atom stereocenters. The van der Waals surface area contributed by atoms with E-state index in [1.54, 1.807) is 6.33 Å². The average Bonchev–Trinajstić information content (AvgIpc) is 3.11. The minimum atomic E-state index is -0.946. The Morgan fingerprint density at radius 3 is 2.58 bits per heavy atom. The van der Waals surface area contributed by atoms with Crippen LogP contribution in [0.1, 0.15) is 45.8 Å². The molecular weight excluding hydrogens is 519 g/mol. The Kier molecular flexibility index (Phi) is 5.71. The van der Waals surface area contributed by atoms with E-state index in [1.165, 1.54) is 0 Å². The highest BCUT2D eigenvalue weighted by Crippen LogP contribution is 2.35. The zero-order valence-corrected chi connectivity index (χ0v) is 20.8. The van der Waals surface area contributed by atoms with Crippen LogP contribution in [0.15, 0.2) is 53.8 Å². The second kappa shape index (κ2) is 8.17. The molecule has 1 aliphatic heterocycles. The van der Waals surface area contributed by atoms with Gasteiger partial charge in [-0.25, -0.2) is 4.98 Å². The molecule has 158 valence electrons. The maximum absolute atomic E-state index is 12.0. The Bertz CT molecular complexity index is 1290. The zero-order chi connectivity index (χ0) is 22.3. The molecule has 1 aliphatic rings. The third-order valence-corrected chi connectivity index (χ3v) is 6.55. The number of nitrogens with two attached hydrogens (primary N) is 1. The van der Waals surface area contributed by atoms with Crippen molar-refractivity contribution in [2.45, 2.75) is 13.0 Å². The summed E-state index contributed by atoms with van der Waals surface area (Å²) in [6, 6.07) is 14.0. The van der Waals surface area contributed by atoms with Crippen molar-refractivity contribution in [1.82, 2.24) is 9.55 Å². The smallest absolute Gasteiger partial charge is 0.269 e. The van der Waals surface area contributed by atoms with Crippen LogP contribution in [0.5, 0.6) is 0 Å². The van der Waals surface area contributed by atoms with E-state index < -0.39 is 15.9 Å². The van der Waals surface area contributed by atoms with Crippen molar-refractivity contribution >= 4 is 44.2 Å². The lowest BCUT2D eigenvalue weighted by Gasteiger charge is -2.15. The third kappa shape index (κ3) is 4.27. The summed E-state index contributed by atoms with van der Waals surface area (Å²) in [4.78, 5) is 21.4. The molecule has 7 heteroatoms. The van der Waals surface area contributed by atoms with E-state index in [-0.39, 0.29) is 11.7 Å². The minimum Gasteiger partial charge on any atom is -0.364 e. The largest absolute Gasteiger partial charge is 0.364 e. The number of aliphatic imine (C=N–C) groups is 1. The summed E-state index contributed by atoms with van der Waals surface area (Å²) in [5.41, 5.74) is 11.3. The lowest BCUT2D eigenvalue weighted by Crippen LogP contribution is -2.15. The number of carbonyl (C=O) groups excluding carboxylic acids is 1. The molecule has 0 aliphatic carbocycles. The van der Waals surface area contributed by atoms with Gasteiger partial charge in [-0.3, -0.25) is 14.4 Å². The molecule has 0 saturated carbocycles. The Morgan fingerprint density at radius 1 is 1.16 bits per heavy atom. The summed E-state index contributed by atoms with van der Waals surface area (Å²) in [7, 11) is -0.946. The highest BCUT2D eigenvalue weighted by atomic mass is 127. The average molecular weight is 542 g/mol. The van der Waals surface area contributed by atoms with Crippen molar-refractivity contribution in [2.75, 3.05) is 18.8 Å². The molecule has 2 heterocycles. The molecule has 0 spiro atoms. The van der Waals surface area contributed by atoms with E-state index >= 15 is 0 Å². The SMILES string of the molecule is C[C@H]1N=C(c2ccccc2I)c2cc(C#CS(C)(C)C)ccc2-n2cnc(C(N)=O)c21. The molecule has 1 amide bonds. The number of rotatable bonds is 2. The molecule has 3 aromatic rings. The van der Waals surface area contributed by atoms with Gasteiger partial charge in [-0.2, -0.15) is 10.0 Å². The first kappa shape index (κ1) is 21.7. The topological polar surface area (TPSA) is 73.3 Å². The monoisotopic (exact) mass is 542 g/mol. The van der Waals surface area contributed by atoms with Gasteiger partial charge in [0.2, 0.25) is 0 Å². The molecule has 0 bridgehead atoms. The van der Waals surface area contributed by atoms with Crippen LogP contribution in [0.4, 0.5) is 0 Å². The summed E-state index contributed by atoms with van der Waals surface area (Å²) in [6.45, 7) is 1.96. The summed E-state index contributed by atoms with van der Waals surface area (Å²) in [6.07, 6.45) is 8.18. The van der Waals surface area contributed by atoms with Gasteiger partial charge in [-0.15, -0.1) is 0 Å². The summed E-state index contributed by atoms with van der Waals surface area (Å²) in [5.74, 6) is 2.78. The van der Waals surface area contributed by atoms with Crippen LogP contribution in [0.2, 0.25) is 0 Å².